The van der Waals surface area contributed by atoms with E-state index in [1.807, 2.05) is 61.7 Å². The van der Waals surface area contributed by atoms with Crippen LogP contribution < -0.4 is 9.30 Å². The SMILES string of the molecule is CC(C)c1cccc(C(C)C)c1N1c2c(ccc3ccccc23)[N-]C1c1[c-]ccc2c1sc1nc(F)ccc12.[2H]C([2H])(c1cc(-c2[c-]cc(F)cc2)nc[c]1[Ge]([CH3])([CH3])[CH3])C(C)c1ccccc1.[Ir+3]. The number of anilines is 2. The standard InChI is InChI=1S/C34H28FN3S.C23H25FGeN.Ir/c1-19(2)22-11-7-12-23(20(3)4)30(22)38-31-24-10-6-5-9-21(24)15-17-28(31)36-33(38)27-14-8-13-25-26-16-18-29(35)37-34(26)39-32(25)27;1-17(18-8-6-5-7-9-18)14-20-15-23(19-10-12-21(24)13-11-19)26-16-22(20)25(2,3)4;/h5-13,15-20,33H,1-4H3;5-10,12-13,15-17H,14H2,1-4H3;/q-2;-1;+3/i;14D2;. The van der Waals surface area contributed by atoms with Gasteiger partial charge < -0.3 is 10.2 Å². The molecule has 2 atom stereocenters. The first-order valence-corrected chi connectivity index (χ1v) is 30.5. The van der Waals surface area contributed by atoms with Gasteiger partial charge in [0.15, 0.2) is 0 Å². The van der Waals surface area contributed by atoms with Crippen LogP contribution in [-0.2, 0) is 26.5 Å². The molecule has 10 rings (SSSR count). The number of nitrogens with zero attached hydrogens (tertiary/aromatic N) is 4. The molecule has 66 heavy (non-hydrogen) atoms. The Morgan fingerprint density at radius 3 is 2.20 bits per heavy atom. The summed E-state index contributed by atoms with van der Waals surface area (Å²) in [4.78, 5) is 11.9. The summed E-state index contributed by atoms with van der Waals surface area (Å²) in [6.07, 6.45) is -0.0468. The molecule has 1 aliphatic heterocycles. The number of para-hydroxylation sites is 1. The molecule has 3 aromatic heterocycles. The normalized spacial score (nSPS) is 14.7. The van der Waals surface area contributed by atoms with Gasteiger partial charge in [0.05, 0.1) is 0 Å². The van der Waals surface area contributed by atoms with Crippen LogP contribution in [0.2, 0.25) is 17.3 Å². The average Bonchev–Trinajstić information content (AvgIpc) is 3.90. The van der Waals surface area contributed by atoms with Crippen molar-refractivity contribution in [2.45, 2.75) is 82.2 Å². The van der Waals surface area contributed by atoms with Crippen LogP contribution in [0.4, 0.5) is 25.8 Å². The van der Waals surface area contributed by atoms with Gasteiger partial charge in [-0.15, -0.1) is 16.6 Å². The molecule has 0 aliphatic carbocycles. The van der Waals surface area contributed by atoms with Crippen LogP contribution >= 0.6 is 11.3 Å². The zero-order valence-electron chi connectivity index (χ0n) is 40.4. The van der Waals surface area contributed by atoms with Crippen LogP contribution in [0.3, 0.4) is 0 Å². The van der Waals surface area contributed by atoms with Gasteiger partial charge in [-0.25, -0.2) is 4.98 Å². The maximum absolute atomic E-state index is 14.1. The summed E-state index contributed by atoms with van der Waals surface area (Å²) in [6, 6.07) is 49.2. The minimum Gasteiger partial charge on any atom is 3.00 e. The number of rotatable bonds is 9. The van der Waals surface area contributed by atoms with Gasteiger partial charge in [-0.3, -0.25) is 0 Å². The van der Waals surface area contributed by atoms with Crippen molar-refractivity contribution >= 4 is 77.1 Å². The number of hydrogen-bond donors (Lipinski definition) is 0. The van der Waals surface area contributed by atoms with Crippen LogP contribution in [-0.4, -0.2) is 23.2 Å². The van der Waals surface area contributed by atoms with E-state index in [1.165, 1.54) is 57.1 Å². The van der Waals surface area contributed by atoms with E-state index in [1.54, 1.807) is 6.07 Å². The van der Waals surface area contributed by atoms with Crippen LogP contribution in [0.25, 0.3) is 47.6 Å². The van der Waals surface area contributed by atoms with Gasteiger partial charge in [-0.2, -0.15) is 33.9 Å². The maximum atomic E-state index is 14.1. The third-order valence-corrected chi connectivity index (χ3v) is 17.6. The summed E-state index contributed by atoms with van der Waals surface area (Å²) in [5, 5.41) is 9.77. The number of pyridine rings is 2. The van der Waals surface area contributed by atoms with Crippen LogP contribution in [0.15, 0.2) is 140 Å². The molecule has 2 unspecified atom stereocenters. The molecule has 334 valence electrons. The van der Waals surface area contributed by atoms with Gasteiger partial charge in [0.25, 0.3) is 0 Å². The summed E-state index contributed by atoms with van der Waals surface area (Å²) in [5.74, 6) is 6.26. The molecule has 0 N–H and O–H groups in total. The summed E-state index contributed by atoms with van der Waals surface area (Å²) in [6.45, 7) is 11.0. The molecule has 0 bridgehead atoms. The maximum Gasteiger partial charge on any atom is 3.00 e. The number of fused-ring (bicyclic) bond motifs is 6. The fourth-order valence-corrected chi connectivity index (χ4v) is 13.0. The number of hydrogen-bond acceptors (Lipinski definition) is 4. The van der Waals surface area contributed by atoms with Gasteiger partial charge in [0.1, 0.15) is 4.83 Å². The Labute approximate surface area is 411 Å². The first-order valence-electron chi connectivity index (χ1n) is 23.3. The van der Waals surface area contributed by atoms with Gasteiger partial charge in [0.2, 0.25) is 5.95 Å². The third-order valence-electron chi connectivity index (χ3n) is 12.2. The molecular weight excluding hydrogens is 1080 g/mol. The molecule has 0 amide bonds. The molecule has 6 aromatic carbocycles. The summed E-state index contributed by atoms with van der Waals surface area (Å²) in [5.41, 5.74) is 9.86. The van der Waals surface area contributed by atoms with E-state index in [0.717, 1.165) is 42.4 Å². The third kappa shape index (κ3) is 9.35. The van der Waals surface area contributed by atoms with Crippen molar-refractivity contribution in [2.75, 3.05) is 4.90 Å². The van der Waals surface area contributed by atoms with Crippen molar-refractivity contribution < 1.29 is 31.6 Å². The summed E-state index contributed by atoms with van der Waals surface area (Å²) in [7, 11) is 0. The van der Waals surface area contributed by atoms with Crippen LogP contribution in [0, 0.1) is 23.9 Å². The van der Waals surface area contributed by atoms with Gasteiger partial charge in [-0.1, -0.05) is 87.0 Å². The van der Waals surface area contributed by atoms with E-state index in [2.05, 4.69) is 133 Å². The number of halogens is 2. The number of benzene rings is 6. The Kier molecular flexibility index (Phi) is 13.2. The van der Waals surface area contributed by atoms with Crippen molar-refractivity contribution in [2.24, 2.45) is 0 Å². The average molecular weight is 1130 g/mol. The zero-order valence-corrected chi connectivity index (χ0v) is 43.7. The monoisotopic (exact) mass is 1130 g/mol. The molecule has 9 aromatic rings. The molecule has 0 spiro atoms. The van der Waals surface area contributed by atoms with E-state index in [4.69, 9.17) is 8.06 Å². The Morgan fingerprint density at radius 2 is 1.50 bits per heavy atom. The minimum atomic E-state index is -2.39. The molecule has 0 radical (unpaired) electrons. The van der Waals surface area contributed by atoms with Gasteiger partial charge in [-0.05, 0) is 52.0 Å². The Morgan fingerprint density at radius 1 is 0.773 bits per heavy atom. The van der Waals surface area contributed by atoms with Gasteiger partial charge in [0, 0.05) is 16.8 Å². The number of aromatic nitrogens is 2. The topological polar surface area (TPSA) is 43.1 Å². The second-order valence-corrected chi connectivity index (χ2v) is 30.0. The Hall–Kier alpha value is -5.25. The van der Waals surface area contributed by atoms with E-state index >= 15 is 0 Å². The first kappa shape index (κ1) is 44.6. The van der Waals surface area contributed by atoms with E-state index < -0.39 is 25.6 Å². The first-order chi connectivity index (χ1) is 32.0. The second kappa shape index (κ2) is 19.5. The van der Waals surface area contributed by atoms with Crippen molar-refractivity contribution in [3.63, 3.8) is 0 Å². The smallest absolute Gasteiger partial charge is 3.00 e. The van der Waals surface area contributed by atoms with Crippen molar-refractivity contribution in [3.8, 4) is 11.3 Å². The van der Waals surface area contributed by atoms with Gasteiger partial charge >= 0.3 is 181 Å². The molecule has 4 heterocycles. The Balaban J connectivity index is 0.000000192. The quantitative estimate of drug-likeness (QED) is 0.0822. The van der Waals surface area contributed by atoms with Crippen LogP contribution in [0.1, 0.15) is 89.1 Å². The van der Waals surface area contributed by atoms with Crippen molar-refractivity contribution in [1.29, 1.82) is 0 Å². The van der Waals surface area contributed by atoms with E-state index in [-0.39, 0.29) is 38.0 Å². The van der Waals surface area contributed by atoms with Crippen molar-refractivity contribution in [1.82, 2.24) is 9.97 Å². The van der Waals surface area contributed by atoms with Crippen LogP contribution in [0.5, 0.6) is 0 Å². The zero-order chi connectivity index (χ0) is 47.4. The molecule has 1 aliphatic rings. The fraction of sp³-hybridized carbons (Fsp3) is 0.228. The predicted octanol–water partition coefficient (Wildman–Crippen LogP) is 16.2. The molecular formula is C57H53F2GeIrN4S. The summed E-state index contributed by atoms with van der Waals surface area (Å²) < 4.78 is 47.5. The van der Waals surface area contributed by atoms with E-state index in [0.29, 0.717) is 33.5 Å². The Bertz CT molecular complexity index is 3240. The van der Waals surface area contributed by atoms with E-state index in [9.17, 15) is 8.78 Å². The predicted molar refractivity (Wildman–Crippen MR) is 272 cm³/mol. The molecule has 0 fully saturated rings. The number of thiophene rings is 1. The summed E-state index contributed by atoms with van der Waals surface area (Å²) >= 11 is -0.870. The minimum absolute atomic E-state index is 0. The molecule has 0 saturated carbocycles. The molecule has 0 saturated heterocycles. The second-order valence-electron chi connectivity index (χ2n) is 18.4. The molecule has 9 heteroatoms. The molecule has 4 nitrogen and oxygen atoms in total. The fourth-order valence-electron chi connectivity index (χ4n) is 8.89. The van der Waals surface area contributed by atoms with Crippen molar-refractivity contribution in [3.05, 3.63) is 197 Å². The largest absolute Gasteiger partial charge is 3.00 e.